The first kappa shape index (κ1) is 28.2. The van der Waals surface area contributed by atoms with Crippen molar-refractivity contribution >= 4 is 17.9 Å². The van der Waals surface area contributed by atoms with Crippen LogP contribution in [-0.2, 0) is 23.8 Å². The van der Waals surface area contributed by atoms with E-state index in [9.17, 15) is 19.5 Å². The second-order valence-corrected chi connectivity index (χ2v) is 13.6. The first-order valence-corrected chi connectivity index (χ1v) is 16.3. The summed E-state index contributed by atoms with van der Waals surface area (Å²) in [5, 5.41) is 10.9. The van der Waals surface area contributed by atoms with Gasteiger partial charge in [-0.05, 0) is 48.6 Å². The van der Waals surface area contributed by atoms with Gasteiger partial charge >= 0.3 is 6.09 Å². The Hall–Kier alpha value is -3.27. The zero-order valence-corrected chi connectivity index (χ0v) is 24.9. The van der Waals surface area contributed by atoms with E-state index < -0.39 is 48.3 Å². The first-order valence-electron chi connectivity index (χ1n) is 16.3. The summed E-state index contributed by atoms with van der Waals surface area (Å²) in [6.07, 6.45) is 2.78. The molecule has 3 saturated heterocycles. The van der Waals surface area contributed by atoms with Crippen molar-refractivity contribution < 1.29 is 33.7 Å². The Bertz CT molecular complexity index is 1380. The molecule has 9 heteroatoms. The fraction of sp³-hybridized carbons (Fsp3) is 0.571. The molecule has 3 saturated carbocycles. The molecule has 232 valence electrons. The molecular weight excluding hydrogens is 560 g/mol. The van der Waals surface area contributed by atoms with Crippen LogP contribution >= 0.6 is 0 Å². The summed E-state index contributed by atoms with van der Waals surface area (Å²) in [6, 6.07) is 19.0. The van der Waals surface area contributed by atoms with E-state index >= 15 is 0 Å². The zero-order valence-electron chi connectivity index (χ0n) is 24.9. The van der Waals surface area contributed by atoms with Crippen LogP contribution in [-0.4, -0.2) is 82.5 Å². The molecule has 11 unspecified atom stereocenters. The molecule has 9 nitrogen and oxygen atoms in total. The molecule has 1 N–H and O–H groups in total. The van der Waals surface area contributed by atoms with Crippen LogP contribution in [0.15, 0.2) is 60.7 Å². The van der Waals surface area contributed by atoms with Crippen LogP contribution in [0.5, 0.6) is 0 Å². The smallest absolute Gasteiger partial charge is 0.407 e. The Kier molecular flexibility index (Phi) is 7.03. The van der Waals surface area contributed by atoms with E-state index in [1.54, 1.807) is 11.9 Å². The zero-order chi connectivity index (χ0) is 30.1. The third-order valence-corrected chi connectivity index (χ3v) is 11.5. The number of carbonyl (C=O) groups is 3. The van der Waals surface area contributed by atoms with Gasteiger partial charge in [-0.3, -0.25) is 19.4 Å². The van der Waals surface area contributed by atoms with Crippen molar-refractivity contribution in [3.63, 3.8) is 0 Å². The van der Waals surface area contributed by atoms with Crippen molar-refractivity contribution in [3.8, 4) is 0 Å². The molecule has 0 aromatic heterocycles. The number of carboxylic acid groups (broad SMARTS) is 1. The van der Waals surface area contributed by atoms with Crippen LogP contribution in [0.1, 0.15) is 62.2 Å². The van der Waals surface area contributed by atoms with E-state index in [4.69, 9.17) is 14.2 Å². The van der Waals surface area contributed by atoms with Gasteiger partial charge in [-0.25, -0.2) is 4.79 Å². The Balaban J connectivity index is 1.20. The molecule has 3 aliphatic heterocycles. The van der Waals surface area contributed by atoms with E-state index in [1.165, 1.54) is 4.90 Å². The maximum Gasteiger partial charge on any atom is 0.407 e. The highest BCUT2D eigenvalue weighted by molar-refractivity contribution is 6.05. The van der Waals surface area contributed by atoms with Crippen molar-refractivity contribution in [2.24, 2.45) is 23.7 Å². The average Bonchev–Trinajstić information content (AvgIpc) is 3.52. The summed E-state index contributed by atoms with van der Waals surface area (Å²) in [7, 11) is 1.55. The minimum atomic E-state index is -1.03. The van der Waals surface area contributed by atoms with Gasteiger partial charge in [-0.1, -0.05) is 79.9 Å². The highest BCUT2D eigenvalue weighted by Crippen LogP contribution is 2.58. The van der Waals surface area contributed by atoms with Crippen molar-refractivity contribution in [2.75, 3.05) is 7.05 Å². The van der Waals surface area contributed by atoms with Gasteiger partial charge in [0.25, 0.3) is 0 Å². The number of ether oxygens (including phenoxy) is 3. The van der Waals surface area contributed by atoms with Gasteiger partial charge in [0.1, 0.15) is 12.2 Å². The van der Waals surface area contributed by atoms with Crippen LogP contribution in [0.4, 0.5) is 4.79 Å². The Labute approximate surface area is 257 Å². The number of likely N-dealkylation sites (tertiary alicyclic amines) is 2. The molecule has 3 amide bonds. The predicted octanol–water partition coefficient (Wildman–Crippen LogP) is 4.65. The number of fused-ring (bicyclic) bond motifs is 9. The van der Waals surface area contributed by atoms with Crippen molar-refractivity contribution in [1.29, 1.82) is 0 Å². The van der Waals surface area contributed by atoms with E-state index in [0.717, 1.165) is 49.7 Å². The Morgan fingerprint density at radius 3 is 2.00 bits per heavy atom. The average molecular weight is 601 g/mol. The second kappa shape index (κ2) is 11.0. The maximum absolute atomic E-state index is 13.8. The number of amides is 3. The van der Waals surface area contributed by atoms with Gasteiger partial charge in [0.2, 0.25) is 11.8 Å². The number of hydrogen-bond donors (Lipinski definition) is 1. The van der Waals surface area contributed by atoms with Crippen molar-refractivity contribution in [1.82, 2.24) is 9.80 Å². The van der Waals surface area contributed by atoms with Gasteiger partial charge in [0.05, 0.1) is 48.3 Å². The number of benzene rings is 2. The fourth-order valence-electron chi connectivity index (χ4n) is 9.76. The summed E-state index contributed by atoms with van der Waals surface area (Å²) in [5.74, 6) is -2.20. The van der Waals surface area contributed by atoms with E-state index in [1.807, 2.05) is 60.7 Å². The van der Waals surface area contributed by atoms with Gasteiger partial charge in [-0.15, -0.1) is 0 Å². The van der Waals surface area contributed by atoms with E-state index in [2.05, 4.69) is 0 Å². The predicted molar refractivity (Wildman–Crippen MR) is 158 cm³/mol. The van der Waals surface area contributed by atoms with Crippen molar-refractivity contribution in [2.45, 2.75) is 93.7 Å². The van der Waals surface area contributed by atoms with Gasteiger partial charge in [-0.2, -0.15) is 0 Å². The monoisotopic (exact) mass is 600 g/mol. The molecule has 6 aliphatic rings. The molecule has 0 bridgehead atoms. The summed E-state index contributed by atoms with van der Waals surface area (Å²) < 4.78 is 20.5. The standard InChI is InChI=1S/C35H40N2O7/c1-36-33(38)26-25-21-15-10-18-24(44-30(19-11-4-2-5-12-19)20-13-6-3-7-14-20)28(21)37(35(40)41)29(25)32-31(27(26)34(36)39)42-22-16-8-9-17-23(22)43-32/h2-7,11-14,21-32H,8-10,15-18H2,1H3,(H,40,41). The molecule has 11 atom stereocenters. The van der Waals surface area contributed by atoms with Crippen LogP contribution in [0, 0.1) is 23.7 Å². The van der Waals surface area contributed by atoms with E-state index in [-0.39, 0.29) is 42.0 Å². The van der Waals surface area contributed by atoms with Crippen LogP contribution in [0.3, 0.4) is 0 Å². The van der Waals surface area contributed by atoms with Crippen LogP contribution < -0.4 is 0 Å². The lowest BCUT2D eigenvalue weighted by molar-refractivity contribution is -0.271. The Morgan fingerprint density at radius 1 is 0.795 bits per heavy atom. The SMILES string of the molecule is CN1C(=O)C2C3OC4CCCCC4OC3C3C(C4CCCC(OC(c5ccccc5)c5ccccc5)C4N3C(=O)O)C2C1=O. The second-order valence-electron chi connectivity index (χ2n) is 13.6. The highest BCUT2D eigenvalue weighted by Gasteiger charge is 2.71. The van der Waals surface area contributed by atoms with Gasteiger partial charge < -0.3 is 19.3 Å². The number of imide groups is 1. The molecule has 0 spiro atoms. The topological polar surface area (TPSA) is 106 Å². The first-order chi connectivity index (χ1) is 21.4. The number of carbonyl (C=O) groups excluding carboxylic acids is 2. The minimum absolute atomic E-state index is 0.127. The van der Waals surface area contributed by atoms with Gasteiger partial charge in [0.15, 0.2) is 0 Å². The quantitative estimate of drug-likeness (QED) is 0.510. The molecular formula is C35H40N2O7. The maximum atomic E-state index is 13.8. The largest absolute Gasteiger partial charge is 0.465 e. The Morgan fingerprint density at radius 2 is 1.39 bits per heavy atom. The lowest BCUT2D eigenvalue weighted by Gasteiger charge is -2.53. The third kappa shape index (κ3) is 4.26. The van der Waals surface area contributed by atoms with E-state index in [0.29, 0.717) is 6.42 Å². The molecule has 3 aliphatic carbocycles. The van der Waals surface area contributed by atoms with Gasteiger partial charge in [0, 0.05) is 7.05 Å². The number of rotatable bonds is 4. The normalized spacial score (nSPS) is 39.4. The summed E-state index contributed by atoms with van der Waals surface area (Å²) in [5.41, 5.74) is 2.01. The number of hydrogen-bond acceptors (Lipinski definition) is 6. The highest BCUT2D eigenvalue weighted by atomic mass is 16.6. The molecule has 0 radical (unpaired) electrons. The third-order valence-electron chi connectivity index (χ3n) is 11.5. The van der Waals surface area contributed by atoms with Crippen molar-refractivity contribution in [3.05, 3.63) is 71.8 Å². The fourth-order valence-corrected chi connectivity index (χ4v) is 9.76. The molecule has 6 fully saturated rings. The van der Waals surface area contributed by atoms with Crippen LogP contribution in [0.25, 0.3) is 0 Å². The summed E-state index contributed by atoms with van der Waals surface area (Å²) in [6.45, 7) is 0. The molecule has 3 heterocycles. The molecule has 44 heavy (non-hydrogen) atoms. The molecule has 8 rings (SSSR count). The minimum Gasteiger partial charge on any atom is -0.465 e. The lowest BCUT2D eigenvalue weighted by Crippen LogP contribution is -2.67. The number of nitrogens with zero attached hydrogens (tertiary/aromatic N) is 2. The molecule has 2 aromatic carbocycles. The lowest BCUT2D eigenvalue weighted by atomic mass is 9.62. The summed E-state index contributed by atoms with van der Waals surface area (Å²) >= 11 is 0. The molecule has 2 aromatic rings. The van der Waals surface area contributed by atoms with Crippen LogP contribution in [0.2, 0.25) is 0 Å². The summed E-state index contributed by atoms with van der Waals surface area (Å²) in [4.78, 5) is 43.7.